The summed E-state index contributed by atoms with van der Waals surface area (Å²) in [4.78, 5) is 0. The Hall–Kier alpha value is -1.02. The Bertz CT molecular complexity index is 347. The van der Waals surface area contributed by atoms with Crippen LogP contribution in [0.4, 0.5) is 5.69 Å². The fourth-order valence-corrected chi connectivity index (χ4v) is 2.18. The average Bonchev–Trinajstić information content (AvgIpc) is 3.12. The van der Waals surface area contributed by atoms with Gasteiger partial charge in [0.05, 0.1) is 0 Å². The highest BCUT2D eigenvalue weighted by Crippen LogP contribution is 2.48. The van der Waals surface area contributed by atoms with Crippen LogP contribution in [0.3, 0.4) is 0 Å². The van der Waals surface area contributed by atoms with Gasteiger partial charge in [-0.1, -0.05) is 12.1 Å². The molecular weight excluding hydrogens is 184 g/mol. The zero-order valence-electron chi connectivity index (χ0n) is 9.00. The molecule has 0 atom stereocenters. The second kappa shape index (κ2) is 3.24. The molecule has 0 saturated heterocycles. The minimum Gasteiger partial charge on any atom is -0.399 e. The number of hydrogen-bond acceptors (Lipinski definition) is 2. The topological polar surface area (TPSA) is 38.0 Å². The normalized spacial score (nSPS) is 22.7. The molecule has 2 aliphatic carbocycles. The third kappa shape index (κ3) is 1.86. The quantitative estimate of drug-likeness (QED) is 0.733. The summed E-state index contributed by atoms with van der Waals surface area (Å²) in [6.07, 6.45) is 5.41. The van der Waals surface area contributed by atoms with Crippen molar-refractivity contribution < 1.29 is 0 Å². The highest BCUT2D eigenvalue weighted by atomic mass is 15.0. The molecule has 2 fully saturated rings. The lowest BCUT2D eigenvalue weighted by Crippen LogP contribution is -2.28. The number of benzene rings is 1. The fraction of sp³-hybridized carbons (Fsp3) is 0.538. The predicted molar refractivity (Wildman–Crippen MR) is 62.8 cm³/mol. The van der Waals surface area contributed by atoms with Crippen LogP contribution in [0, 0.1) is 0 Å². The third-order valence-electron chi connectivity index (χ3n) is 3.68. The van der Waals surface area contributed by atoms with Gasteiger partial charge in [-0.2, -0.15) is 0 Å². The minimum atomic E-state index is 0.441. The van der Waals surface area contributed by atoms with Gasteiger partial charge in [-0.05, 0) is 43.4 Å². The number of nitrogens with one attached hydrogen (secondary N) is 1. The van der Waals surface area contributed by atoms with Gasteiger partial charge in [0.15, 0.2) is 0 Å². The van der Waals surface area contributed by atoms with Gasteiger partial charge in [0.2, 0.25) is 0 Å². The van der Waals surface area contributed by atoms with Crippen LogP contribution in [0.15, 0.2) is 24.3 Å². The number of nitrogens with two attached hydrogens (primary N) is 1. The van der Waals surface area contributed by atoms with Crippen LogP contribution >= 0.6 is 0 Å². The largest absolute Gasteiger partial charge is 0.399 e. The molecule has 1 aromatic carbocycles. The number of hydrogen-bond donors (Lipinski definition) is 2. The monoisotopic (exact) mass is 202 g/mol. The van der Waals surface area contributed by atoms with E-state index < -0.39 is 0 Å². The van der Waals surface area contributed by atoms with Crippen molar-refractivity contribution in [3.05, 3.63) is 29.8 Å². The van der Waals surface area contributed by atoms with E-state index >= 15 is 0 Å². The van der Waals surface area contributed by atoms with Gasteiger partial charge in [0.1, 0.15) is 0 Å². The molecule has 80 valence electrons. The molecule has 0 radical (unpaired) electrons. The van der Waals surface area contributed by atoms with Gasteiger partial charge in [-0.3, -0.25) is 0 Å². The first kappa shape index (κ1) is 9.22. The van der Waals surface area contributed by atoms with Crippen LogP contribution in [0.25, 0.3) is 0 Å². The molecule has 2 aliphatic rings. The lowest BCUT2D eigenvalue weighted by molar-refractivity contribution is 0.572. The maximum atomic E-state index is 5.71. The van der Waals surface area contributed by atoms with E-state index in [0.29, 0.717) is 5.41 Å². The van der Waals surface area contributed by atoms with Crippen LogP contribution in [0.2, 0.25) is 0 Å². The van der Waals surface area contributed by atoms with E-state index in [4.69, 9.17) is 5.73 Å². The van der Waals surface area contributed by atoms with Crippen LogP contribution < -0.4 is 11.1 Å². The fourth-order valence-electron chi connectivity index (χ4n) is 2.18. The standard InChI is InChI=1S/C13H18N2/c14-11-3-1-10(2-4-11)13(7-8-13)9-15-12-5-6-12/h1-4,12,15H,5-9,14H2. The Morgan fingerprint density at radius 3 is 2.40 bits per heavy atom. The molecule has 3 N–H and O–H groups in total. The van der Waals surface area contributed by atoms with Crippen LogP contribution in [-0.4, -0.2) is 12.6 Å². The van der Waals surface area contributed by atoms with E-state index in [1.807, 2.05) is 12.1 Å². The molecule has 0 aliphatic heterocycles. The molecule has 15 heavy (non-hydrogen) atoms. The summed E-state index contributed by atoms with van der Waals surface area (Å²) in [6.45, 7) is 1.15. The summed E-state index contributed by atoms with van der Waals surface area (Å²) >= 11 is 0. The smallest absolute Gasteiger partial charge is 0.0314 e. The van der Waals surface area contributed by atoms with Gasteiger partial charge in [-0.15, -0.1) is 0 Å². The molecule has 2 heteroatoms. The van der Waals surface area contributed by atoms with Crippen molar-refractivity contribution in [3.63, 3.8) is 0 Å². The van der Waals surface area contributed by atoms with Gasteiger partial charge >= 0.3 is 0 Å². The summed E-state index contributed by atoms with van der Waals surface area (Å²) in [6, 6.07) is 9.24. The lowest BCUT2D eigenvalue weighted by Gasteiger charge is -2.16. The van der Waals surface area contributed by atoms with E-state index in [2.05, 4.69) is 17.4 Å². The molecule has 0 spiro atoms. The summed E-state index contributed by atoms with van der Waals surface area (Å²) < 4.78 is 0. The van der Waals surface area contributed by atoms with Crippen LogP contribution in [-0.2, 0) is 5.41 Å². The third-order valence-corrected chi connectivity index (χ3v) is 3.68. The van der Waals surface area contributed by atoms with E-state index in [9.17, 15) is 0 Å². The lowest BCUT2D eigenvalue weighted by atomic mass is 9.95. The van der Waals surface area contributed by atoms with Crippen molar-refractivity contribution in [1.29, 1.82) is 0 Å². The van der Waals surface area contributed by atoms with E-state index in [1.165, 1.54) is 31.2 Å². The summed E-state index contributed by atoms with van der Waals surface area (Å²) in [7, 11) is 0. The summed E-state index contributed by atoms with van der Waals surface area (Å²) in [5.41, 5.74) is 8.48. The van der Waals surface area contributed by atoms with Gasteiger partial charge in [0, 0.05) is 23.7 Å². The van der Waals surface area contributed by atoms with Gasteiger partial charge in [-0.25, -0.2) is 0 Å². The van der Waals surface area contributed by atoms with Gasteiger partial charge in [0.25, 0.3) is 0 Å². The minimum absolute atomic E-state index is 0.441. The first-order chi connectivity index (χ1) is 7.28. The Balaban J connectivity index is 1.71. The van der Waals surface area contributed by atoms with Crippen molar-refractivity contribution in [1.82, 2.24) is 5.32 Å². The first-order valence-corrected chi connectivity index (χ1v) is 5.88. The molecule has 0 bridgehead atoms. The Morgan fingerprint density at radius 1 is 1.20 bits per heavy atom. The molecule has 0 heterocycles. The zero-order chi connectivity index (χ0) is 10.3. The number of rotatable bonds is 4. The van der Waals surface area contributed by atoms with Crippen molar-refractivity contribution >= 4 is 5.69 Å². The molecule has 2 nitrogen and oxygen atoms in total. The van der Waals surface area contributed by atoms with Crippen molar-refractivity contribution in [2.45, 2.75) is 37.1 Å². The molecule has 0 amide bonds. The van der Waals surface area contributed by atoms with Gasteiger partial charge < -0.3 is 11.1 Å². The molecule has 0 aromatic heterocycles. The van der Waals surface area contributed by atoms with E-state index in [1.54, 1.807) is 0 Å². The molecule has 3 rings (SSSR count). The predicted octanol–water partition coefficient (Wildman–Crippen LogP) is 2.05. The molecule has 2 saturated carbocycles. The van der Waals surface area contributed by atoms with Crippen molar-refractivity contribution in [3.8, 4) is 0 Å². The second-order valence-electron chi connectivity index (χ2n) is 5.06. The van der Waals surface area contributed by atoms with Crippen LogP contribution in [0.5, 0.6) is 0 Å². The first-order valence-electron chi connectivity index (χ1n) is 5.88. The van der Waals surface area contributed by atoms with E-state index in [0.717, 1.165) is 18.3 Å². The second-order valence-corrected chi connectivity index (χ2v) is 5.06. The van der Waals surface area contributed by atoms with E-state index in [-0.39, 0.29) is 0 Å². The summed E-state index contributed by atoms with van der Waals surface area (Å²) in [5.74, 6) is 0. The number of anilines is 1. The zero-order valence-corrected chi connectivity index (χ0v) is 9.00. The molecule has 0 unspecified atom stereocenters. The maximum absolute atomic E-state index is 5.71. The van der Waals surface area contributed by atoms with Crippen LogP contribution in [0.1, 0.15) is 31.2 Å². The average molecular weight is 202 g/mol. The highest BCUT2D eigenvalue weighted by Gasteiger charge is 2.44. The van der Waals surface area contributed by atoms with Crippen molar-refractivity contribution in [2.24, 2.45) is 0 Å². The maximum Gasteiger partial charge on any atom is 0.0314 e. The molecule has 1 aromatic rings. The summed E-state index contributed by atoms with van der Waals surface area (Å²) in [5, 5.41) is 3.64. The number of nitrogen functional groups attached to an aromatic ring is 1. The Morgan fingerprint density at radius 2 is 1.87 bits per heavy atom. The Kier molecular flexibility index (Phi) is 1.99. The Labute approximate surface area is 90.9 Å². The SMILES string of the molecule is Nc1ccc(C2(CNC3CC3)CC2)cc1. The van der Waals surface area contributed by atoms with Crippen molar-refractivity contribution in [2.75, 3.05) is 12.3 Å². The highest BCUT2D eigenvalue weighted by molar-refractivity contribution is 5.43. The molecular formula is C13H18N2.